The summed E-state index contributed by atoms with van der Waals surface area (Å²) in [7, 11) is 0. The van der Waals surface area contributed by atoms with Crippen molar-refractivity contribution in [2.45, 2.75) is 33.6 Å². The van der Waals surface area contributed by atoms with Gasteiger partial charge in [-0.25, -0.2) is 4.98 Å². The van der Waals surface area contributed by atoms with Crippen molar-refractivity contribution in [3.8, 4) is 5.88 Å². The van der Waals surface area contributed by atoms with Crippen LogP contribution >= 0.6 is 0 Å². The molecule has 0 radical (unpaired) electrons. The molecule has 1 aromatic rings. The fraction of sp³-hybridized carbons (Fsp3) is 0.692. The molecule has 0 aliphatic rings. The molecule has 1 heterocycles. The molecular formula is C13H23N3O2. The van der Waals surface area contributed by atoms with Gasteiger partial charge < -0.3 is 15.2 Å². The van der Waals surface area contributed by atoms with Gasteiger partial charge in [-0.1, -0.05) is 20.8 Å². The van der Waals surface area contributed by atoms with Crippen LogP contribution in [0.2, 0.25) is 0 Å². The smallest absolute Gasteiger partial charge is 0.218 e. The van der Waals surface area contributed by atoms with Crippen LogP contribution in [0.15, 0.2) is 6.07 Å². The molecule has 0 aliphatic heterocycles. The molecule has 0 bridgehead atoms. The van der Waals surface area contributed by atoms with E-state index in [1.54, 1.807) is 6.07 Å². The Bertz CT molecular complexity index is 356. The fourth-order valence-electron chi connectivity index (χ4n) is 1.43. The summed E-state index contributed by atoms with van der Waals surface area (Å²) in [5.74, 6) is 2.25. The third kappa shape index (κ3) is 5.82. The van der Waals surface area contributed by atoms with Crippen LogP contribution in [-0.2, 0) is 11.2 Å². The molecule has 0 spiro atoms. The second-order valence-electron chi connectivity index (χ2n) is 4.61. The lowest BCUT2D eigenvalue weighted by molar-refractivity contribution is 0.0805. The van der Waals surface area contributed by atoms with Crippen molar-refractivity contribution in [2.24, 2.45) is 5.92 Å². The number of anilines is 1. The number of rotatable bonds is 8. The maximum absolute atomic E-state index is 5.70. The van der Waals surface area contributed by atoms with Gasteiger partial charge in [0.25, 0.3) is 0 Å². The lowest BCUT2D eigenvalue weighted by Crippen LogP contribution is -2.11. The molecule has 0 fully saturated rings. The van der Waals surface area contributed by atoms with Gasteiger partial charge in [0.15, 0.2) is 0 Å². The van der Waals surface area contributed by atoms with E-state index in [0.29, 0.717) is 30.8 Å². The van der Waals surface area contributed by atoms with Gasteiger partial charge in [0.1, 0.15) is 18.2 Å². The molecule has 0 aliphatic carbocycles. The highest BCUT2D eigenvalue weighted by Gasteiger charge is 2.03. The summed E-state index contributed by atoms with van der Waals surface area (Å²) in [5, 5.41) is 0. The van der Waals surface area contributed by atoms with Crippen molar-refractivity contribution in [2.75, 3.05) is 25.6 Å². The predicted octanol–water partition coefficient (Wildman–Crippen LogP) is 2.06. The van der Waals surface area contributed by atoms with Crippen LogP contribution < -0.4 is 10.5 Å². The van der Waals surface area contributed by atoms with Crippen molar-refractivity contribution in [3.63, 3.8) is 0 Å². The molecular weight excluding hydrogens is 230 g/mol. The standard InChI is InChI=1S/C13H23N3O2/c1-4-5-12-15-11(14)8-13(16-12)18-7-6-17-9-10(2)3/h8,10H,4-7,9H2,1-3H3,(H2,14,15,16). The molecule has 0 unspecified atom stereocenters. The van der Waals surface area contributed by atoms with E-state index in [9.17, 15) is 0 Å². The maximum atomic E-state index is 5.70. The molecule has 0 saturated carbocycles. The molecule has 102 valence electrons. The number of nitrogen functional groups attached to an aromatic ring is 1. The first-order valence-corrected chi connectivity index (χ1v) is 6.45. The highest BCUT2D eigenvalue weighted by atomic mass is 16.5. The molecule has 0 atom stereocenters. The van der Waals surface area contributed by atoms with E-state index in [-0.39, 0.29) is 0 Å². The third-order valence-electron chi connectivity index (χ3n) is 2.17. The molecule has 0 amide bonds. The maximum Gasteiger partial charge on any atom is 0.218 e. The summed E-state index contributed by atoms with van der Waals surface area (Å²) in [5.41, 5.74) is 5.70. The fourth-order valence-corrected chi connectivity index (χ4v) is 1.43. The number of nitrogens with two attached hydrogens (primary N) is 1. The Morgan fingerprint density at radius 2 is 2.06 bits per heavy atom. The molecule has 0 saturated heterocycles. The third-order valence-corrected chi connectivity index (χ3v) is 2.17. The average molecular weight is 253 g/mol. The van der Waals surface area contributed by atoms with Gasteiger partial charge in [0.2, 0.25) is 5.88 Å². The molecule has 5 heteroatoms. The van der Waals surface area contributed by atoms with Crippen molar-refractivity contribution in [3.05, 3.63) is 11.9 Å². The molecule has 5 nitrogen and oxygen atoms in total. The van der Waals surface area contributed by atoms with Gasteiger partial charge in [-0.05, 0) is 12.3 Å². The lowest BCUT2D eigenvalue weighted by atomic mass is 10.2. The molecule has 18 heavy (non-hydrogen) atoms. The van der Waals surface area contributed by atoms with E-state index in [4.69, 9.17) is 15.2 Å². The Labute approximate surface area is 109 Å². The second kappa shape index (κ2) is 7.87. The zero-order chi connectivity index (χ0) is 13.4. The minimum absolute atomic E-state index is 0.451. The molecule has 2 N–H and O–H groups in total. The largest absolute Gasteiger partial charge is 0.475 e. The Morgan fingerprint density at radius 3 is 2.72 bits per heavy atom. The zero-order valence-electron chi connectivity index (χ0n) is 11.5. The van der Waals surface area contributed by atoms with Crippen LogP contribution in [0.5, 0.6) is 5.88 Å². The number of hydrogen-bond donors (Lipinski definition) is 1. The van der Waals surface area contributed by atoms with E-state index in [0.717, 1.165) is 25.3 Å². The van der Waals surface area contributed by atoms with Crippen LogP contribution in [-0.4, -0.2) is 29.8 Å². The van der Waals surface area contributed by atoms with Gasteiger partial charge in [-0.2, -0.15) is 4.98 Å². The highest BCUT2D eigenvalue weighted by Crippen LogP contribution is 2.11. The lowest BCUT2D eigenvalue weighted by Gasteiger charge is -2.09. The van der Waals surface area contributed by atoms with E-state index < -0.39 is 0 Å². The number of aryl methyl sites for hydroxylation is 1. The first-order valence-electron chi connectivity index (χ1n) is 6.45. The van der Waals surface area contributed by atoms with Crippen molar-refractivity contribution in [1.29, 1.82) is 0 Å². The van der Waals surface area contributed by atoms with Crippen LogP contribution in [0.1, 0.15) is 33.0 Å². The number of nitrogens with zero attached hydrogens (tertiary/aromatic N) is 2. The summed E-state index contributed by atoms with van der Waals surface area (Å²) in [6.45, 7) is 8.09. The van der Waals surface area contributed by atoms with Crippen LogP contribution in [0.3, 0.4) is 0 Å². The first-order chi connectivity index (χ1) is 8.61. The second-order valence-corrected chi connectivity index (χ2v) is 4.61. The summed E-state index contributed by atoms with van der Waals surface area (Å²) < 4.78 is 10.9. The van der Waals surface area contributed by atoms with Gasteiger partial charge in [0, 0.05) is 19.1 Å². The minimum atomic E-state index is 0.451. The Hall–Kier alpha value is -1.36. The average Bonchev–Trinajstić information content (AvgIpc) is 2.28. The van der Waals surface area contributed by atoms with E-state index in [2.05, 4.69) is 30.7 Å². The van der Waals surface area contributed by atoms with Gasteiger partial charge in [-0.15, -0.1) is 0 Å². The Balaban J connectivity index is 2.37. The SMILES string of the molecule is CCCc1nc(N)cc(OCCOCC(C)C)n1. The topological polar surface area (TPSA) is 70.3 Å². The normalized spacial score (nSPS) is 10.9. The van der Waals surface area contributed by atoms with Gasteiger partial charge in [0.05, 0.1) is 6.61 Å². The summed E-state index contributed by atoms with van der Waals surface area (Å²) in [4.78, 5) is 8.43. The van der Waals surface area contributed by atoms with Crippen molar-refractivity contribution < 1.29 is 9.47 Å². The van der Waals surface area contributed by atoms with E-state index >= 15 is 0 Å². The number of ether oxygens (including phenoxy) is 2. The van der Waals surface area contributed by atoms with Crippen LogP contribution in [0.25, 0.3) is 0 Å². The van der Waals surface area contributed by atoms with Crippen molar-refractivity contribution in [1.82, 2.24) is 9.97 Å². The molecule has 0 aromatic carbocycles. The summed E-state index contributed by atoms with van der Waals surface area (Å²) >= 11 is 0. The zero-order valence-corrected chi connectivity index (χ0v) is 11.5. The summed E-state index contributed by atoms with van der Waals surface area (Å²) in [6, 6.07) is 1.64. The Kier molecular flexibility index (Phi) is 6.43. The number of aromatic nitrogens is 2. The highest BCUT2D eigenvalue weighted by molar-refractivity contribution is 5.32. The van der Waals surface area contributed by atoms with Gasteiger partial charge in [-0.3, -0.25) is 0 Å². The monoisotopic (exact) mass is 253 g/mol. The predicted molar refractivity (Wildman–Crippen MR) is 71.6 cm³/mol. The van der Waals surface area contributed by atoms with Crippen LogP contribution in [0.4, 0.5) is 5.82 Å². The molecule has 1 aromatic heterocycles. The Morgan fingerprint density at radius 1 is 1.28 bits per heavy atom. The van der Waals surface area contributed by atoms with Crippen LogP contribution in [0, 0.1) is 5.92 Å². The summed E-state index contributed by atoms with van der Waals surface area (Å²) in [6.07, 6.45) is 1.80. The number of hydrogen-bond acceptors (Lipinski definition) is 5. The minimum Gasteiger partial charge on any atom is -0.475 e. The molecule has 1 rings (SSSR count). The quantitative estimate of drug-likeness (QED) is 0.718. The first kappa shape index (κ1) is 14.7. The van der Waals surface area contributed by atoms with E-state index in [1.165, 1.54) is 0 Å². The van der Waals surface area contributed by atoms with Gasteiger partial charge >= 0.3 is 0 Å². The van der Waals surface area contributed by atoms with Crippen molar-refractivity contribution >= 4 is 5.82 Å². The van der Waals surface area contributed by atoms with E-state index in [1.807, 2.05) is 0 Å².